The zero-order chi connectivity index (χ0) is 90.5. The van der Waals surface area contributed by atoms with Gasteiger partial charge in [0.15, 0.2) is 0 Å². The minimum Gasteiger partial charge on any atom is -0.264 e. The van der Waals surface area contributed by atoms with Crippen LogP contribution in [0.3, 0.4) is 0 Å². The Kier molecular flexibility index (Phi) is 22.2. The second-order valence-corrected chi connectivity index (χ2v) is 33.7. The van der Waals surface area contributed by atoms with E-state index in [9.17, 15) is 0 Å². The number of hydrogen-bond donors (Lipinski definition) is 0. The maximum atomic E-state index is 5.24. The van der Waals surface area contributed by atoms with Gasteiger partial charge in [-0.15, -0.1) is 0 Å². The van der Waals surface area contributed by atoms with E-state index in [2.05, 4.69) is 402 Å². The van der Waals surface area contributed by atoms with Gasteiger partial charge in [-0.2, -0.15) is 0 Å². The van der Waals surface area contributed by atoms with Gasteiger partial charge >= 0.3 is 0 Å². The van der Waals surface area contributed by atoms with Crippen molar-refractivity contribution < 1.29 is 0 Å². The van der Waals surface area contributed by atoms with Gasteiger partial charge in [0, 0.05) is 139 Å². The fourth-order valence-corrected chi connectivity index (χ4v) is 18.2. The number of aromatic nitrogens is 11. The first-order valence-corrected chi connectivity index (χ1v) is 45.4. The Morgan fingerprint density at radius 1 is 0.118 bits per heavy atom. The second kappa shape index (κ2) is 36.8. The van der Waals surface area contributed by atoms with E-state index in [1.807, 2.05) is 85.7 Å². The predicted molar refractivity (Wildman–Crippen MR) is 559 cm³/mol. The molecule has 11 nitrogen and oxygen atoms in total. The molecule has 0 spiro atoms. The Hall–Kier alpha value is -18.5. The number of fused-ring (bicyclic) bond motifs is 12. The summed E-state index contributed by atoms with van der Waals surface area (Å²) < 4.78 is 0. The predicted octanol–water partition coefficient (Wildman–Crippen LogP) is 31.5. The van der Waals surface area contributed by atoms with Gasteiger partial charge in [0.05, 0.1) is 67.3 Å². The Balaban J connectivity index is 0.000000115. The maximum absolute atomic E-state index is 5.24. The molecule has 0 saturated heterocycles. The van der Waals surface area contributed by atoms with E-state index in [0.29, 0.717) is 0 Å². The molecule has 0 radical (unpaired) electrons. The molecule has 0 aliphatic rings. The summed E-state index contributed by atoms with van der Waals surface area (Å²) in [5.74, 6) is 0. The highest BCUT2D eigenvalue weighted by molar-refractivity contribution is 6.23. The Bertz CT molecular complexity index is 8020. The molecule has 0 amide bonds. The van der Waals surface area contributed by atoms with Gasteiger partial charge in [0.25, 0.3) is 0 Å². The highest BCUT2D eigenvalue weighted by atomic mass is 14.8. The molecule has 0 fully saturated rings. The first-order chi connectivity index (χ1) is 67.3. The molecular formula is C125H81N11. The molecule has 0 unspecified atom stereocenters. The molecule has 10 heterocycles. The number of pyridine rings is 9. The van der Waals surface area contributed by atoms with Gasteiger partial charge in [-0.1, -0.05) is 352 Å². The molecule has 636 valence electrons. The molecule has 0 saturated carbocycles. The molecule has 11 heteroatoms. The van der Waals surface area contributed by atoms with Crippen molar-refractivity contribution in [3.8, 4) is 168 Å². The van der Waals surface area contributed by atoms with Crippen molar-refractivity contribution in [1.29, 1.82) is 0 Å². The van der Waals surface area contributed by atoms with E-state index in [1.54, 1.807) is 24.8 Å². The first kappa shape index (κ1) is 82.0. The van der Waals surface area contributed by atoms with Crippen molar-refractivity contribution in [2.75, 3.05) is 0 Å². The van der Waals surface area contributed by atoms with Gasteiger partial charge in [-0.05, 0) is 179 Å². The van der Waals surface area contributed by atoms with Crippen LogP contribution in [0.15, 0.2) is 493 Å². The fraction of sp³-hybridized carbons (Fsp3) is 0. The molecular weight excluding hydrogens is 1660 g/mol. The van der Waals surface area contributed by atoms with Crippen molar-refractivity contribution >= 4 is 76.2 Å². The molecule has 25 rings (SSSR count). The van der Waals surface area contributed by atoms with Gasteiger partial charge < -0.3 is 0 Å². The van der Waals surface area contributed by atoms with Crippen LogP contribution in [0, 0.1) is 0 Å². The molecule has 0 atom stereocenters. The molecule has 0 aliphatic heterocycles. The molecule has 15 aromatic carbocycles. The minimum absolute atomic E-state index is 0.895. The van der Waals surface area contributed by atoms with Gasteiger partial charge in [0.1, 0.15) is 0 Å². The Labute approximate surface area is 786 Å². The van der Waals surface area contributed by atoms with E-state index in [0.717, 1.165) is 194 Å². The lowest BCUT2D eigenvalue weighted by molar-refractivity contribution is 1.31. The monoisotopic (exact) mass is 1740 g/mol. The van der Waals surface area contributed by atoms with E-state index >= 15 is 0 Å². The van der Waals surface area contributed by atoms with Crippen LogP contribution in [0.2, 0.25) is 0 Å². The topological polar surface area (TPSA) is 142 Å². The molecule has 0 bridgehead atoms. The second-order valence-electron chi connectivity index (χ2n) is 33.7. The third-order valence-corrected chi connectivity index (χ3v) is 25.3. The maximum Gasteiger partial charge on any atom is 0.0971 e. The van der Waals surface area contributed by atoms with Gasteiger partial charge in [-0.25, -0.2) is 15.0 Å². The van der Waals surface area contributed by atoms with E-state index in [-0.39, 0.29) is 0 Å². The van der Waals surface area contributed by atoms with Crippen molar-refractivity contribution in [2.24, 2.45) is 0 Å². The standard InChI is InChI=1S/C45H29N3.C41H27N3.C39H25N5/c1-3-9-30(10-4-1)32-15-19-34(20-16-32)42-28-37(29-43(48-42)35-21-17-33(18-22-35)31-11-5-2-6-12-31)36-23-24-40-41(27-36)38-13-7-8-14-39(38)44-45(40)47-26-25-46-44;1-3-8-28(9-4-1)30-13-17-32(18-14-30)38-25-36(37-24-35-22-21-34-12-7-23-42-40(34)41(35)43-27-37)26-39(44-38)33-19-15-31(16-20-33)29-10-5-2-6-11-29;1-5-32(23-40-17-1)26-7-11-28(12-8-26)36-21-34(35-20-31-16-15-30-4-3-19-42-38(30)39(31)43-25-35)22-37(44-36)29-13-9-27(10-14-29)33-6-2-18-41-24-33/h1-29H;1-27H;1-25H. The molecule has 136 heavy (non-hydrogen) atoms. The van der Waals surface area contributed by atoms with Crippen LogP contribution in [-0.4, -0.2) is 54.8 Å². The number of rotatable bonds is 15. The third-order valence-electron chi connectivity index (χ3n) is 25.3. The fourth-order valence-electron chi connectivity index (χ4n) is 18.2. The number of benzene rings is 15. The lowest BCUT2D eigenvalue weighted by Gasteiger charge is -2.13. The van der Waals surface area contributed by atoms with Crippen LogP contribution in [-0.2, 0) is 0 Å². The summed E-state index contributed by atoms with van der Waals surface area (Å²) in [5.41, 5.74) is 37.7. The summed E-state index contributed by atoms with van der Waals surface area (Å²) in [7, 11) is 0. The third kappa shape index (κ3) is 17.0. The molecule has 25 aromatic rings. The largest absolute Gasteiger partial charge is 0.264 e. The summed E-state index contributed by atoms with van der Waals surface area (Å²) in [4.78, 5) is 52.6. The van der Waals surface area contributed by atoms with Gasteiger partial charge in [0.2, 0.25) is 0 Å². The van der Waals surface area contributed by atoms with Crippen molar-refractivity contribution in [1.82, 2.24) is 54.8 Å². The van der Waals surface area contributed by atoms with Crippen molar-refractivity contribution in [3.05, 3.63) is 493 Å². The molecule has 0 N–H and O–H groups in total. The van der Waals surface area contributed by atoms with Crippen LogP contribution in [0.1, 0.15) is 0 Å². The molecule has 10 aromatic heterocycles. The zero-order valence-corrected chi connectivity index (χ0v) is 73.7. The SMILES string of the molecule is c1ccc(-c2ccc(-c3cc(-c4ccc5c(c4)c4ccccc4c4nccnc54)cc(-c4ccc(-c5ccccc5)cc4)n3)cc2)cc1.c1ccc(-c2ccc(-c3cc(-c4cnc5c(ccc6cccnc65)c4)cc(-c4ccc(-c5ccccc5)cc4)n3)cc2)cc1.c1cncc(-c2ccc(-c3cc(-c4cnc5c(ccc6cccnc65)c4)cc(-c4ccc(-c5cccnc5)cc4)n3)cc2)c1. The summed E-state index contributed by atoms with van der Waals surface area (Å²) in [5, 5.41) is 8.83. The summed E-state index contributed by atoms with van der Waals surface area (Å²) in [6.45, 7) is 0. The summed E-state index contributed by atoms with van der Waals surface area (Å²) in [6.07, 6.45) is 18.4. The highest BCUT2D eigenvalue weighted by Crippen LogP contribution is 2.42. The van der Waals surface area contributed by atoms with Crippen LogP contribution in [0.5, 0.6) is 0 Å². The minimum atomic E-state index is 0.895. The first-order valence-electron chi connectivity index (χ1n) is 45.4. The lowest BCUT2D eigenvalue weighted by Crippen LogP contribution is -1.93. The van der Waals surface area contributed by atoms with Crippen molar-refractivity contribution in [2.45, 2.75) is 0 Å². The smallest absolute Gasteiger partial charge is 0.0971 e. The molecule has 0 aliphatic carbocycles. The quantitative estimate of drug-likeness (QED) is 0.0906. The normalized spacial score (nSPS) is 11.2. The Morgan fingerprint density at radius 3 is 0.713 bits per heavy atom. The number of hydrogen-bond acceptors (Lipinski definition) is 11. The Morgan fingerprint density at radius 2 is 0.375 bits per heavy atom. The van der Waals surface area contributed by atoms with Crippen LogP contribution < -0.4 is 0 Å². The van der Waals surface area contributed by atoms with Crippen molar-refractivity contribution in [3.63, 3.8) is 0 Å². The van der Waals surface area contributed by atoms with E-state index in [4.69, 9.17) is 34.9 Å². The van der Waals surface area contributed by atoms with Gasteiger partial charge in [-0.3, -0.25) is 39.9 Å². The average Bonchev–Trinajstić information content (AvgIpc) is 0.737. The van der Waals surface area contributed by atoms with Crippen LogP contribution >= 0.6 is 0 Å². The average molecular weight is 1740 g/mol. The number of nitrogens with zero attached hydrogens (tertiary/aromatic N) is 11. The summed E-state index contributed by atoms with van der Waals surface area (Å²) >= 11 is 0. The van der Waals surface area contributed by atoms with Crippen LogP contribution in [0.4, 0.5) is 0 Å². The zero-order valence-electron chi connectivity index (χ0n) is 73.7. The highest BCUT2D eigenvalue weighted by Gasteiger charge is 2.20. The lowest BCUT2D eigenvalue weighted by atomic mass is 9.94. The van der Waals surface area contributed by atoms with Crippen LogP contribution in [0.25, 0.3) is 244 Å². The summed E-state index contributed by atoms with van der Waals surface area (Å²) in [6, 6.07) is 151. The van der Waals surface area contributed by atoms with E-state index in [1.165, 1.54) is 49.9 Å². The van der Waals surface area contributed by atoms with E-state index < -0.39 is 0 Å².